The molecule has 3 aromatic rings. The number of carboxylic acid groups (broad SMARTS) is 1. The first-order valence-electron chi connectivity index (χ1n) is 9.64. The fourth-order valence-electron chi connectivity index (χ4n) is 3.92. The Kier molecular flexibility index (Phi) is 5.54. The van der Waals surface area contributed by atoms with Gasteiger partial charge < -0.3 is 5.11 Å². The van der Waals surface area contributed by atoms with E-state index in [9.17, 15) is 27.2 Å². The molecule has 0 saturated carbocycles. The lowest BCUT2D eigenvalue weighted by atomic mass is 9.93. The zero-order chi connectivity index (χ0) is 23.2. The summed E-state index contributed by atoms with van der Waals surface area (Å²) in [5.41, 5.74) is -0.898. The standard InChI is InChI=1S/C22H15ClF4N2O3/c23-15-6-3-5-14(22(25,26)27)18(15)20(30)29-17-7-2-1-4-13(17)19(28-29)11-8-9-12(21(31)32)16(24)10-11/h3,5-6,8-10H,1-2,4,7H2,(H,31,32). The first-order valence-corrected chi connectivity index (χ1v) is 10.0. The molecule has 5 nitrogen and oxygen atoms in total. The maximum atomic E-state index is 14.3. The molecule has 166 valence electrons. The Morgan fingerprint density at radius 1 is 1.09 bits per heavy atom. The molecule has 0 spiro atoms. The number of aromatic carboxylic acids is 1. The summed E-state index contributed by atoms with van der Waals surface area (Å²) in [5, 5.41) is 12.9. The van der Waals surface area contributed by atoms with Crippen molar-refractivity contribution < 1.29 is 32.3 Å². The van der Waals surface area contributed by atoms with Crippen LogP contribution in [0.1, 0.15) is 50.4 Å². The van der Waals surface area contributed by atoms with Crippen LogP contribution in [0.15, 0.2) is 36.4 Å². The van der Waals surface area contributed by atoms with Crippen molar-refractivity contribution in [2.24, 2.45) is 0 Å². The normalized spacial score (nSPS) is 13.7. The van der Waals surface area contributed by atoms with E-state index in [1.165, 1.54) is 12.1 Å². The van der Waals surface area contributed by atoms with Crippen LogP contribution < -0.4 is 0 Å². The third-order valence-corrected chi connectivity index (χ3v) is 5.69. The Morgan fingerprint density at radius 2 is 1.81 bits per heavy atom. The van der Waals surface area contributed by atoms with Gasteiger partial charge >= 0.3 is 12.1 Å². The van der Waals surface area contributed by atoms with Crippen LogP contribution in [0.4, 0.5) is 17.6 Å². The molecule has 0 atom stereocenters. The number of fused-ring (bicyclic) bond motifs is 1. The number of hydrogen-bond acceptors (Lipinski definition) is 3. The van der Waals surface area contributed by atoms with Gasteiger partial charge in [0.05, 0.1) is 33.1 Å². The van der Waals surface area contributed by atoms with E-state index < -0.39 is 40.6 Å². The highest BCUT2D eigenvalue weighted by Crippen LogP contribution is 2.37. The molecule has 0 aliphatic heterocycles. The van der Waals surface area contributed by atoms with Gasteiger partial charge in [0, 0.05) is 11.1 Å². The minimum absolute atomic E-state index is 0.226. The molecule has 0 radical (unpaired) electrons. The average molecular weight is 467 g/mol. The summed E-state index contributed by atoms with van der Waals surface area (Å²) in [7, 11) is 0. The number of aromatic nitrogens is 2. The summed E-state index contributed by atoms with van der Waals surface area (Å²) >= 11 is 5.99. The van der Waals surface area contributed by atoms with Crippen LogP contribution in [-0.2, 0) is 19.0 Å². The lowest BCUT2D eigenvalue weighted by molar-refractivity contribution is -0.137. The van der Waals surface area contributed by atoms with E-state index in [-0.39, 0.29) is 16.3 Å². The van der Waals surface area contributed by atoms with E-state index >= 15 is 0 Å². The Morgan fingerprint density at radius 3 is 2.47 bits per heavy atom. The quantitative estimate of drug-likeness (QED) is 0.508. The molecule has 1 aliphatic carbocycles. The van der Waals surface area contributed by atoms with Gasteiger partial charge in [0.1, 0.15) is 5.82 Å². The minimum Gasteiger partial charge on any atom is -0.478 e. The molecule has 0 bridgehead atoms. The zero-order valence-electron chi connectivity index (χ0n) is 16.3. The summed E-state index contributed by atoms with van der Waals surface area (Å²) < 4.78 is 55.8. The minimum atomic E-state index is -4.80. The lowest BCUT2D eigenvalue weighted by Gasteiger charge is -2.16. The molecule has 0 fully saturated rings. The van der Waals surface area contributed by atoms with E-state index in [0.29, 0.717) is 30.5 Å². The Balaban J connectivity index is 1.88. The van der Waals surface area contributed by atoms with Crippen molar-refractivity contribution in [3.63, 3.8) is 0 Å². The van der Waals surface area contributed by atoms with Crippen molar-refractivity contribution in [2.45, 2.75) is 31.9 Å². The van der Waals surface area contributed by atoms with Gasteiger partial charge in [-0.25, -0.2) is 9.18 Å². The molecule has 1 aromatic heterocycles. The van der Waals surface area contributed by atoms with Gasteiger partial charge in [-0.15, -0.1) is 0 Å². The molecule has 0 unspecified atom stereocenters. The number of carboxylic acids is 1. The van der Waals surface area contributed by atoms with Crippen molar-refractivity contribution in [3.8, 4) is 11.3 Å². The van der Waals surface area contributed by atoms with E-state index in [4.69, 9.17) is 16.7 Å². The van der Waals surface area contributed by atoms with Crippen molar-refractivity contribution in [1.29, 1.82) is 0 Å². The maximum absolute atomic E-state index is 14.3. The van der Waals surface area contributed by atoms with E-state index in [1.807, 2.05) is 0 Å². The van der Waals surface area contributed by atoms with Crippen molar-refractivity contribution in [1.82, 2.24) is 9.78 Å². The molecule has 1 N–H and O–H groups in total. The molecule has 2 aromatic carbocycles. The van der Waals surface area contributed by atoms with Crippen LogP contribution in [-0.4, -0.2) is 26.8 Å². The summed E-state index contributed by atoms with van der Waals surface area (Å²) in [4.78, 5) is 24.3. The van der Waals surface area contributed by atoms with Crippen LogP contribution in [0.25, 0.3) is 11.3 Å². The molecule has 0 amide bonds. The first-order chi connectivity index (χ1) is 15.1. The fourth-order valence-corrected chi connectivity index (χ4v) is 4.17. The predicted molar refractivity (Wildman–Crippen MR) is 107 cm³/mol. The number of rotatable bonds is 3. The average Bonchev–Trinajstić information content (AvgIpc) is 3.12. The molecular formula is C22H15ClF4N2O3. The number of carbonyl (C=O) groups excluding carboxylic acids is 1. The second kappa shape index (κ2) is 8.05. The number of benzene rings is 2. The number of alkyl halides is 3. The van der Waals surface area contributed by atoms with Crippen LogP contribution in [0.5, 0.6) is 0 Å². The van der Waals surface area contributed by atoms with Gasteiger partial charge in [0.2, 0.25) is 0 Å². The maximum Gasteiger partial charge on any atom is 0.417 e. The van der Waals surface area contributed by atoms with E-state index in [0.717, 1.165) is 35.4 Å². The van der Waals surface area contributed by atoms with Gasteiger partial charge in [-0.2, -0.15) is 23.0 Å². The van der Waals surface area contributed by atoms with Crippen molar-refractivity contribution in [2.75, 3.05) is 0 Å². The highest BCUT2D eigenvalue weighted by atomic mass is 35.5. The van der Waals surface area contributed by atoms with Gasteiger partial charge in [0.15, 0.2) is 0 Å². The van der Waals surface area contributed by atoms with Gasteiger partial charge in [-0.3, -0.25) is 4.79 Å². The third kappa shape index (κ3) is 3.77. The van der Waals surface area contributed by atoms with Gasteiger partial charge in [0.25, 0.3) is 5.91 Å². The Bertz CT molecular complexity index is 1250. The third-order valence-electron chi connectivity index (χ3n) is 5.38. The van der Waals surface area contributed by atoms with Crippen LogP contribution >= 0.6 is 11.6 Å². The fraction of sp³-hybridized carbons (Fsp3) is 0.227. The van der Waals surface area contributed by atoms with E-state index in [1.54, 1.807) is 0 Å². The largest absolute Gasteiger partial charge is 0.478 e. The highest BCUT2D eigenvalue weighted by molar-refractivity contribution is 6.34. The molecule has 4 rings (SSSR count). The molecular weight excluding hydrogens is 452 g/mol. The number of nitrogens with zero attached hydrogens (tertiary/aromatic N) is 2. The van der Waals surface area contributed by atoms with Crippen molar-refractivity contribution in [3.05, 3.63) is 75.2 Å². The molecule has 0 saturated heterocycles. The van der Waals surface area contributed by atoms with Gasteiger partial charge in [-0.1, -0.05) is 23.7 Å². The summed E-state index contributed by atoms with van der Waals surface area (Å²) in [6, 6.07) is 6.51. The molecule has 32 heavy (non-hydrogen) atoms. The Labute approximate surface area is 184 Å². The van der Waals surface area contributed by atoms with Crippen molar-refractivity contribution >= 4 is 23.5 Å². The predicted octanol–water partition coefficient (Wildman–Crippen LogP) is 5.63. The second-order valence-corrected chi connectivity index (χ2v) is 7.77. The van der Waals surface area contributed by atoms with E-state index in [2.05, 4.69) is 5.10 Å². The SMILES string of the molecule is O=C(O)c1ccc(-c2nn(C(=O)c3c(Cl)cccc3C(F)(F)F)c3c2CCCC3)cc1F. The number of hydrogen-bond donors (Lipinski definition) is 1. The summed E-state index contributed by atoms with van der Waals surface area (Å²) in [6.45, 7) is 0. The highest BCUT2D eigenvalue weighted by Gasteiger charge is 2.38. The smallest absolute Gasteiger partial charge is 0.417 e. The second-order valence-electron chi connectivity index (χ2n) is 7.36. The van der Waals surface area contributed by atoms with Crippen LogP contribution in [0, 0.1) is 5.82 Å². The zero-order valence-corrected chi connectivity index (χ0v) is 17.1. The molecule has 1 heterocycles. The number of halogens is 5. The molecule has 10 heteroatoms. The first kappa shape index (κ1) is 22.0. The topological polar surface area (TPSA) is 72.2 Å². The summed E-state index contributed by atoms with van der Waals surface area (Å²) in [6.07, 6.45) is -2.45. The van der Waals surface area contributed by atoms with Crippen LogP contribution in [0.3, 0.4) is 0 Å². The lowest BCUT2D eigenvalue weighted by Crippen LogP contribution is -2.22. The molecule has 1 aliphatic rings. The van der Waals surface area contributed by atoms with Crippen LogP contribution in [0.2, 0.25) is 5.02 Å². The number of carbonyl (C=O) groups is 2. The Hall–Kier alpha value is -3.20. The monoisotopic (exact) mass is 466 g/mol. The summed E-state index contributed by atoms with van der Waals surface area (Å²) in [5.74, 6) is -3.45. The van der Waals surface area contributed by atoms with Gasteiger partial charge in [-0.05, 0) is 49.9 Å².